The Morgan fingerprint density at radius 3 is 2.42 bits per heavy atom. The topological polar surface area (TPSA) is 87.2 Å². The van der Waals surface area contributed by atoms with E-state index in [4.69, 9.17) is 18.6 Å². The monoisotopic (exact) mass is 487 g/mol. The van der Waals surface area contributed by atoms with E-state index in [9.17, 15) is 4.79 Å². The number of aromatic nitrogens is 1. The van der Waals surface area contributed by atoms with Gasteiger partial charge in [-0.3, -0.25) is 4.79 Å². The summed E-state index contributed by atoms with van der Waals surface area (Å²) in [6.45, 7) is 6.75. The molecule has 0 aliphatic heterocycles. The van der Waals surface area contributed by atoms with E-state index in [0.29, 0.717) is 29.6 Å². The van der Waals surface area contributed by atoms with Crippen LogP contribution in [0.25, 0.3) is 5.69 Å². The number of rotatable bonds is 10. The van der Waals surface area contributed by atoms with Gasteiger partial charge >= 0.3 is 5.91 Å². The van der Waals surface area contributed by atoms with Crippen LogP contribution in [0.15, 0.2) is 76.2 Å². The number of carbonyl (C=O) groups excluding carboxylic acids is 1. The molecule has 36 heavy (non-hydrogen) atoms. The van der Waals surface area contributed by atoms with Gasteiger partial charge < -0.3 is 23.2 Å². The van der Waals surface area contributed by atoms with Gasteiger partial charge in [0.05, 0.1) is 19.9 Å². The van der Waals surface area contributed by atoms with Crippen LogP contribution in [-0.4, -0.2) is 30.4 Å². The van der Waals surface area contributed by atoms with Gasteiger partial charge in [0.2, 0.25) is 0 Å². The zero-order chi connectivity index (χ0) is 25.5. The molecule has 8 heteroatoms. The first-order chi connectivity index (χ1) is 17.5. The van der Waals surface area contributed by atoms with E-state index < -0.39 is 5.91 Å². The highest BCUT2D eigenvalue weighted by molar-refractivity contribution is 5.92. The highest BCUT2D eigenvalue weighted by atomic mass is 16.5. The van der Waals surface area contributed by atoms with Crippen LogP contribution in [0.5, 0.6) is 17.2 Å². The summed E-state index contributed by atoms with van der Waals surface area (Å²) in [6, 6.07) is 20.7. The van der Waals surface area contributed by atoms with Gasteiger partial charge in [-0.2, -0.15) is 5.10 Å². The quantitative estimate of drug-likeness (QED) is 0.238. The van der Waals surface area contributed by atoms with Gasteiger partial charge in [0.1, 0.15) is 18.1 Å². The van der Waals surface area contributed by atoms with Gasteiger partial charge in [0, 0.05) is 17.1 Å². The normalized spacial score (nSPS) is 11.0. The molecule has 0 aliphatic carbocycles. The lowest BCUT2D eigenvalue weighted by atomic mass is 10.2. The summed E-state index contributed by atoms with van der Waals surface area (Å²) in [6.07, 6.45) is 1.52. The van der Waals surface area contributed by atoms with Crippen LogP contribution in [0.2, 0.25) is 0 Å². The molecule has 0 aliphatic rings. The average molecular weight is 488 g/mol. The van der Waals surface area contributed by atoms with Crippen molar-refractivity contribution in [3.8, 4) is 22.9 Å². The minimum Gasteiger partial charge on any atom is -0.493 e. The summed E-state index contributed by atoms with van der Waals surface area (Å²) >= 11 is 0. The smallest absolute Gasteiger partial charge is 0.307 e. The Morgan fingerprint density at radius 1 is 0.972 bits per heavy atom. The van der Waals surface area contributed by atoms with Crippen molar-refractivity contribution in [2.75, 3.05) is 13.7 Å². The highest BCUT2D eigenvalue weighted by Crippen LogP contribution is 2.27. The van der Waals surface area contributed by atoms with Crippen LogP contribution < -0.4 is 19.6 Å². The number of hydrogen-bond donors (Lipinski definition) is 1. The lowest BCUT2D eigenvalue weighted by molar-refractivity contribution is 0.0923. The van der Waals surface area contributed by atoms with Gasteiger partial charge in [0.15, 0.2) is 17.3 Å². The molecule has 2 aromatic heterocycles. The van der Waals surface area contributed by atoms with Crippen LogP contribution in [-0.2, 0) is 6.61 Å². The summed E-state index contributed by atoms with van der Waals surface area (Å²) in [4.78, 5) is 12.4. The molecule has 0 atom stereocenters. The molecule has 4 rings (SSSR count). The van der Waals surface area contributed by atoms with Gasteiger partial charge in [0.25, 0.3) is 0 Å². The van der Waals surface area contributed by atoms with Crippen LogP contribution in [0.1, 0.15) is 40.2 Å². The van der Waals surface area contributed by atoms with Crippen molar-refractivity contribution >= 4 is 12.1 Å². The number of amides is 1. The van der Waals surface area contributed by atoms with E-state index in [2.05, 4.69) is 41.1 Å². The van der Waals surface area contributed by atoms with Crippen molar-refractivity contribution in [1.82, 2.24) is 9.99 Å². The first-order valence-corrected chi connectivity index (χ1v) is 11.6. The Morgan fingerprint density at radius 2 is 1.72 bits per heavy atom. The fraction of sp³-hybridized carbons (Fsp3) is 0.214. The number of furan rings is 1. The second-order valence-electron chi connectivity index (χ2n) is 8.04. The molecule has 0 fully saturated rings. The summed E-state index contributed by atoms with van der Waals surface area (Å²) in [5, 5.41) is 4.00. The number of ether oxygens (including phenoxy) is 3. The van der Waals surface area contributed by atoms with E-state index in [1.165, 1.54) is 17.6 Å². The lowest BCUT2D eigenvalue weighted by Gasteiger charge is -2.10. The Balaban J connectivity index is 1.31. The molecular formula is C28H29N3O5. The second-order valence-corrected chi connectivity index (χ2v) is 8.04. The van der Waals surface area contributed by atoms with E-state index in [0.717, 1.165) is 11.3 Å². The summed E-state index contributed by atoms with van der Waals surface area (Å²) in [5.74, 6) is 2.16. The van der Waals surface area contributed by atoms with E-state index in [1.54, 1.807) is 31.4 Å². The largest absolute Gasteiger partial charge is 0.493 e. The maximum Gasteiger partial charge on any atom is 0.307 e. The number of nitrogens with zero attached hydrogens (tertiary/aromatic N) is 2. The molecule has 2 aromatic carbocycles. The van der Waals surface area contributed by atoms with Crippen molar-refractivity contribution in [2.24, 2.45) is 5.10 Å². The van der Waals surface area contributed by atoms with Crippen molar-refractivity contribution < 1.29 is 23.4 Å². The maximum absolute atomic E-state index is 12.4. The number of hydrogen-bond acceptors (Lipinski definition) is 6. The standard InChI is InChI=1S/C28H29N3O5/c1-5-34-27-16-21(8-14-25(27)33-4)17-29-30-28(32)26-15-13-24(36-26)18-35-23-11-9-22(10-12-23)31-19(2)6-7-20(31)3/h6-17H,5,18H2,1-4H3,(H,30,32). The van der Waals surface area contributed by atoms with Crippen LogP contribution >= 0.6 is 0 Å². The first kappa shape index (κ1) is 24.7. The predicted molar refractivity (Wildman–Crippen MR) is 138 cm³/mol. The molecule has 0 unspecified atom stereocenters. The lowest BCUT2D eigenvalue weighted by Crippen LogP contribution is -2.16. The van der Waals surface area contributed by atoms with Gasteiger partial charge in [-0.25, -0.2) is 5.43 Å². The second kappa shape index (κ2) is 11.3. The van der Waals surface area contributed by atoms with Crippen molar-refractivity contribution in [1.29, 1.82) is 0 Å². The fourth-order valence-electron chi connectivity index (χ4n) is 3.76. The van der Waals surface area contributed by atoms with Crippen molar-refractivity contribution in [3.63, 3.8) is 0 Å². The van der Waals surface area contributed by atoms with Crippen LogP contribution in [0.4, 0.5) is 0 Å². The Labute approximate surface area is 210 Å². The van der Waals surface area contributed by atoms with Gasteiger partial charge in [-0.05, 0) is 93.1 Å². The molecule has 0 saturated heterocycles. The predicted octanol–water partition coefficient (Wildman–Crippen LogP) is 5.44. The Hall–Kier alpha value is -4.46. The van der Waals surface area contributed by atoms with Crippen molar-refractivity contribution in [2.45, 2.75) is 27.4 Å². The van der Waals surface area contributed by atoms with Crippen LogP contribution in [0.3, 0.4) is 0 Å². The molecule has 1 N–H and O–H groups in total. The summed E-state index contributed by atoms with van der Waals surface area (Å²) in [5.41, 5.74) is 6.63. The SMILES string of the molecule is CCOc1cc(C=NNC(=O)c2ccc(COc3ccc(-n4c(C)ccc4C)cc3)o2)ccc1OC. The fourth-order valence-corrected chi connectivity index (χ4v) is 3.76. The third-order valence-electron chi connectivity index (χ3n) is 5.50. The molecule has 8 nitrogen and oxygen atoms in total. The van der Waals surface area contributed by atoms with Crippen LogP contribution in [0, 0.1) is 13.8 Å². The first-order valence-electron chi connectivity index (χ1n) is 11.6. The molecule has 2 heterocycles. The van der Waals surface area contributed by atoms with E-state index >= 15 is 0 Å². The number of nitrogens with one attached hydrogen (secondary N) is 1. The average Bonchev–Trinajstić information content (AvgIpc) is 3.50. The number of benzene rings is 2. The van der Waals surface area contributed by atoms with Crippen molar-refractivity contribution in [3.05, 3.63) is 95.2 Å². The third-order valence-corrected chi connectivity index (χ3v) is 5.50. The van der Waals surface area contributed by atoms with E-state index in [1.807, 2.05) is 37.3 Å². The molecule has 0 spiro atoms. The van der Waals surface area contributed by atoms with Gasteiger partial charge in [-0.1, -0.05) is 0 Å². The zero-order valence-electron chi connectivity index (χ0n) is 20.8. The maximum atomic E-state index is 12.4. The molecule has 186 valence electrons. The molecular weight excluding hydrogens is 458 g/mol. The number of aryl methyl sites for hydroxylation is 2. The molecule has 1 amide bonds. The minimum atomic E-state index is -0.460. The Kier molecular flexibility index (Phi) is 7.75. The molecule has 0 saturated carbocycles. The number of carbonyl (C=O) groups is 1. The number of hydrazone groups is 1. The molecule has 4 aromatic rings. The summed E-state index contributed by atoms with van der Waals surface area (Å²) < 4.78 is 24.4. The third kappa shape index (κ3) is 5.78. The number of methoxy groups -OCH3 is 1. The minimum absolute atomic E-state index is 0.143. The molecule has 0 bridgehead atoms. The Bertz CT molecular complexity index is 1330. The van der Waals surface area contributed by atoms with Gasteiger partial charge in [-0.15, -0.1) is 0 Å². The zero-order valence-corrected chi connectivity index (χ0v) is 20.8. The highest BCUT2D eigenvalue weighted by Gasteiger charge is 2.11. The molecule has 0 radical (unpaired) electrons. The van der Waals surface area contributed by atoms with E-state index in [-0.39, 0.29) is 12.4 Å². The summed E-state index contributed by atoms with van der Waals surface area (Å²) in [7, 11) is 1.58.